The molecule has 1 aromatic heterocycles. The van der Waals surface area contributed by atoms with Crippen LogP contribution in [-0.4, -0.2) is 36.1 Å². The first kappa shape index (κ1) is 15.0. The van der Waals surface area contributed by atoms with Crippen molar-refractivity contribution < 1.29 is 9.53 Å². The second-order valence-corrected chi connectivity index (χ2v) is 4.63. The molecule has 0 atom stereocenters. The van der Waals surface area contributed by atoms with E-state index in [4.69, 9.17) is 4.74 Å². The van der Waals surface area contributed by atoms with E-state index in [1.54, 1.807) is 12.0 Å². The van der Waals surface area contributed by atoms with Crippen molar-refractivity contribution in [2.24, 2.45) is 0 Å². The summed E-state index contributed by atoms with van der Waals surface area (Å²) < 4.78 is 5.05. The van der Waals surface area contributed by atoms with E-state index < -0.39 is 0 Å². The maximum absolute atomic E-state index is 12.5. The second kappa shape index (κ2) is 7.40. The normalized spacial score (nSPS) is 10.3. The third-order valence-corrected chi connectivity index (χ3v) is 3.12. The minimum absolute atomic E-state index is 0.143. The van der Waals surface area contributed by atoms with Crippen molar-refractivity contribution in [2.45, 2.75) is 6.54 Å². The molecular formula is C16H18N2O3. The molecule has 0 saturated carbocycles. The fourth-order valence-corrected chi connectivity index (χ4v) is 2.01. The topological polar surface area (TPSA) is 62.4 Å². The first-order valence-corrected chi connectivity index (χ1v) is 6.71. The predicted octanol–water partition coefficient (Wildman–Crippen LogP) is 1.66. The molecule has 1 N–H and O–H groups in total. The number of aromatic nitrogens is 1. The number of benzene rings is 1. The SMILES string of the molecule is COCCN(Cc1ccccc1)C(=O)c1c[nH]ccc1=O. The monoisotopic (exact) mass is 286 g/mol. The molecule has 0 aliphatic heterocycles. The summed E-state index contributed by atoms with van der Waals surface area (Å²) in [7, 11) is 1.58. The summed E-state index contributed by atoms with van der Waals surface area (Å²) in [5, 5.41) is 0. The molecule has 0 aliphatic carbocycles. The van der Waals surface area contributed by atoms with Crippen LogP contribution in [0.15, 0.2) is 53.6 Å². The number of aromatic amines is 1. The Bertz CT molecular complexity index is 637. The number of H-pyrrole nitrogens is 1. The van der Waals surface area contributed by atoms with Crippen LogP contribution in [0.5, 0.6) is 0 Å². The van der Waals surface area contributed by atoms with E-state index in [0.29, 0.717) is 19.7 Å². The van der Waals surface area contributed by atoms with Gasteiger partial charge in [-0.05, 0) is 5.56 Å². The van der Waals surface area contributed by atoms with Crippen molar-refractivity contribution in [1.82, 2.24) is 9.88 Å². The summed E-state index contributed by atoms with van der Waals surface area (Å²) in [6.45, 7) is 1.29. The quantitative estimate of drug-likeness (QED) is 0.878. The molecule has 0 fully saturated rings. The molecule has 1 heterocycles. The molecule has 21 heavy (non-hydrogen) atoms. The Morgan fingerprint density at radius 3 is 2.67 bits per heavy atom. The zero-order chi connectivity index (χ0) is 15.1. The Kier molecular flexibility index (Phi) is 5.29. The molecule has 2 rings (SSSR count). The van der Waals surface area contributed by atoms with Gasteiger partial charge in [-0.2, -0.15) is 0 Å². The molecule has 0 spiro atoms. The predicted molar refractivity (Wildman–Crippen MR) is 80.1 cm³/mol. The highest BCUT2D eigenvalue weighted by Crippen LogP contribution is 2.07. The summed E-state index contributed by atoms with van der Waals surface area (Å²) in [5.74, 6) is -0.294. The van der Waals surface area contributed by atoms with Crippen LogP contribution < -0.4 is 5.43 Å². The average molecular weight is 286 g/mol. The molecule has 5 nitrogen and oxygen atoms in total. The molecule has 2 aromatic rings. The molecule has 0 aliphatic rings. The molecule has 1 amide bonds. The molecule has 0 saturated heterocycles. The number of nitrogens with zero attached hydrogens (tertiary/aromatic N) is 1. The molecule has 0 radical (unpaired) electrons. The third-order valence-electron chi connectivity index (χ3n) is 3.12. The standard InChI is InChI=1S/C16H18N2O3/c1-21-10-9-18(12-13-5-3-2-4-6-13)16(20)14-11-17-8-7-15(14)19/h2-8,11H,9-10,12H2,1H3,(H,17,19). The zero-order valence-corrected chi connectivity index (χ0v) is 11.9. The smallest absolute Gasteiger partial charge is 0.259 e. The van der Waals surface area contributed by atoms with Crippen LogP contribution in [0.4, 0.5) is 0 Å². The van der Waals surface area contributed by atoms with E-state index in [2.05, 4.69) is 4.98 Å². The Hall–Kier alpha value is -2.40. The molecule has 0 unspecified atom stereocenters. The van der Waals surface area contributed by atoms with Gasteiger partial charge in [0.05, 0.1) is 6.61 Å². The third kappa shape index (κ3) is 4.03. The van der Waals surface area contributed by atoms with Gasteiger partial charge in [-0.25, -0.2) is 0 Å². The van der Waals surface area contributed by atoms with Gasteiger partial charge in [-0.3, -0.25) is 9.59 Å². The van der Waals surface area contributed by atoms with Crippen molar-refractivity contribution in [1.29, 1.82) is 0 Å². The molecular weight excluding hydrogens is 268 g/mol. The summed E-state index contributed by atoms with van der Waals surface area (Å²) in [6.07, 6.45) is 2.95. The van der Waals surface area contributed by atoms with Crippen LogP contribution in [0.25, 0.3) is 0 Å². The highest BCUT2D eigenvalue weighted by Gasteiger charge is 2.18. The summed E-state index contributed by atoms with van der Waals surface area (Å²) in [4.78, 5) is 28.7. The van der Waals surface area contributed by atoms with Gasteiger partial charge < -0.3 is 14.6 Å². The summed E-state index contributed by atoms with van der Waals surface area (Å²) >= 11 is 0. The maximum Gasteiger partial charge on any atom is 0.259 e. The number of rotatable bonds is 6. The van der Waals surface area contributed by atoms with Gasteiger partial charge in [-0.1, -0.05) is 30.3 Å². The van der Waals surface area contributed by atoms with Crippen molar-refractivity contribution in [3.8, 4) is 0 Å². The molecule has 110 valence electrons. The number of hydrogen-bond donors (Lipinski definition) is 1. The van der Waals surface area contributed by atoms with E-state index in [1.807, 2.05) is 30.3 Å². The molecule has 5 heteroatoms. The molecule has 1 aromatic carbocycles. The highest BCUT2D eigenvalue weighted by atomic mass is 16.5. The van der Waals surface area contributed by atoms with Crippen LogP contribution in [0, 0.1) is 0 Å². The van der Waals surface area contributed by atoms with E-state index in [0.717, 1.165) is 5.56 Å². The Morgan fingerprint density at radius 1 is 1.24 bits per heavy atom. The number of methoxy groups -OCH3 is 1. The van der Waals surface area contributed by atoms with Crippen LogP contribution in [0.2, 0.25) is 0 Å². The molecule has 0 bridgehead atoms. The number of nitrogens with one attached hydrogen (secondary N) is 1. The van der Waals surface area contributed by atoms with Gasteiger partial charge in [0.2, 0.25) is 0 Å². The largest absolute Gasteiger partial charge is 0.383 e. The number of amides is 1. The van der Waals surface area contributed by atoms with E-state index in [1.165, 1.54) is 18.5 Å². The van der Waals surface area contributed by atoms with Gasteiger partial charge in [0.25, 0.3) is 5.91 Å². The lowest BCUT2D eigenvalue weighted by molar-refractivity contribution is 0.0678. The van der Waals surface area contributed by atoms with E-state index >= 15 is 0 Å². The Morgan fingerprint density at radius 2 is 2.00 bits per heavy atom. The van der Waals surface area contributed by atoms with E-state index in [-0.39, 0.29) is 16.9 Å². The van der Waals surface area contributed by atoms with Crippen LogP contribution in [0.3, 0.4) is 0 Å². The second-order valence-electron chi connectivity index (χ2n) is 4.63. The van der Waals surface area contributed by atoms with Crippen molar-refractivity contribution in [3.63, 3.8) is 0 Å². The fourth-order valence-electron chi connectivity index (χ4n) is 2.01. The first-order chi connectivity index (χ1) is 10.2. The van der Waals surface area contributed by atoms with E-state index in [9.17, 15) is 9.59 Å². The highest BCUT2D eigenvalue weighted by molar-refractivity contribution is 5.93. The lowest BCUT2D eigenvalue weighted by Gasteiger charge is -2.22. The lowest BCUT2D eigenvalue weighted by Crippen LogP contribution is -2.36. The van der Waals surface area contributed by atoms with Crippen molar-refractivity contribution in [3.05, 3.63) is 70.1 Å². The number of pyridine rings is 1. The Balaban J connectivity index is 2.21. The minimum Gasteiger partial charge on any atom is -0.383 e. The number of carbonyl (C=O) groups is 1. The van der Waals surface area contributed by atoms with Gasteiger partial charge in [-0.15, -0.1) is 0 Å². The number of hydrogen-bond acceptors (Lipinski definition) is 3. The van der Waals surface area contributed by atoms with Gasteiger partial charge in [0.1, 0.15) is 5.56 Å². The lowest BCUT2D eigenvalue weighted by atomic mass is 10.2. The van der Waals surface area contributed by atoms with Crippen LogP contribution in [-0.2, 0) is 11.3 Å². The van der Waals surface area contributed by atoms with Crippen LogP contribution in [0.1, 0.15) is 15.9 Å². The number of ether oxygens (including phenoxy) is 1. The first-order valence-electron chi connectivity index (χ1n) is 6.71. The average Bonchev–Trinajstić information content (AvgIpc) is 2.52. The fraction of sp³-hybridized carbons (Fsp3) is 0.250. The summed E-state index contributed by atoms with van der Waals surface area (Å²) in [5.41, 5.74) is 0.869. The number of carbonyl (C=O) groups excluding carboxylic acids is 1. The maximum atomic E-state index is 12.5. The zero-order valence-electron chi connectivity index (χ0n) is 11.9. The van der Waals surface area contributed by atoms with Crippen LogP contribution >= 0.6 is 0 Å². The van der Waals surface area contributed by atoms with Gasteiger partial charge >= 0.3 is 0 Å². The van der Waals surface area contributed by atoms with Gasteiger partial charge in [0, 0.05) is 38.7 Å². The Labute approximate surface area is 123 Å². The van der Waals surface area contributed by atoms with Crippen molar-refractivity contribution in [2.75, 3.05) is 20.3 Å². The van der Waals surface area contributed by atoms with Gasteiger partial charge in [0.15, 0.2) is 5.43 Å². The summed E-state index contributed by atoms with van der Waals surface area (Å²) in [6, 6.07) is 11.0. The van der Waals surface area contributed by atoms with Crippen molar-refractivity contribution >= 4 is 5.91 Å². The minimum atomic E-state index is -0.294.